The molecule has 0 aromatic heterocycles. The molecule has 0 radical (unpaired) electrons. The molecule has 2 aromatic rings. The SMILES string of the molecule is CC(C)(Br)C(=O)c1ccc(C(CC(=O)O)c2ccccc2)cc1. The van der Waals surface area contributed by atoms with Gasteiger partial charge in [0.15, 0.2) is 5.78 Å². The molecule has 0 fully saturated rings. The van der Waals surface area contributed by atoms with Crippen LogP contribution < -0.4 is 0 Å². The topological polar surface area (TPSA) is 54.4 Å². The minimum atomic E-state index is -0.847. The Labute approximate surface area is 144 Å². The third-order valence-corrected chi connectivity index (χ3v) is 4.06. The van der Waals surface area contributed by atoms with Gasteiger partial charge >= 0.3 is 5.97 Å². The van der Waals surface area contributed by atoms with Gasteiger partial charge in [0.1, 0.15) is 0 Å². The highest BCUT2D eigenvalue weighted by Crippen LogP contribution is 2.29. The first-order chi connectivity index (χ1) is 10.8. The van der Waals surface area contributed by atoms with E-state index in [1.165, 1.54) is 0 Å². The Kier molecular flexibility index (Phi) is 5.37. The summed E-state index contributed by atoms with van der Waals surface area (Å²) in [6.45, 7) is 3.61. The Hall–Kier alpha value is -1.94. The number of carbonyl (C=O) groups excluding carboxylic acids is 1. The fourth-order valence-corrected chi connectivity index (χ4v) is 2.73. The molecule has 0 heterocycles. The first kappa shape index (κ1) is 17.4. The molecule has 23 heavy (non-hydrogen) atoms. The van der Waals surface area contributed by atoms with Gasteiger partial charge in [-0.2, -0.15) is 0 Å². The highest BCUT2D eigenvalue weighted by Gasteiger charge is 2.25. The van der Waals surface area contributed by atoms with Crippen LogP contribution in [0.1, 0.15) is 47.7 Å². The molecule has 1 unspecified atom stereocenters. The standard InChI is InChI=1S/C19H19BrO3/c1-19(2,20)18(23)15-10-8-14(9-11-15)16(12-17(21)22)13-6-4-3-5-7-13/h3-11,16H,12H2,1-2H3,(H,21,22). The van der Waals surface area contributed by atoms with Crippen molar-refractivity contribution < 1.29 is 14.7 Å². The van der Waals surface area contributed by atoms with E-state index in [9.17, 15) is 14.7 Å². The van der Waals surface area contributed by atoms with Crippen LogP contribution in [0.3, 0.4) is 0 Å². The average Bonchev–Trinajstić information content (AvgIpc) is 2.52. The fraction of sp³-hybridized carbons (Fsp3) is 0.263. The van der Waals surface area contributed by atoms with Crippen LogP contribution in [0.5, 0.6) is 0 Å². The monoisotopic (exact) mass is 374 g/mol. The van der Waals surface area contributed by atoms with Crippen molar-refractivity contribution in [3.63, 3.8) is 0 Å². The second kappa shape index (κ2) is 7.09. The van der Waals surface area contributed by atoms with Gasteiger partial charge in [0.05, 0.1) is 10.7 Å². The molecule has 0 saturated heterocycles. The number of Topliss-reactive ketones (excluding diaryl/α,β-unsaturated/α-hetero) is 1. The molecule has 4 heteroatoms. The fourth-order valence-electron chi connectivity index (χ4n) is 2.50. The normalized spacial score (nSPS) is 12.7. The lowest BCUT2D eigenvalue weighted by Crippen LogP contribution is -2.24. The van der Waals surface area contributed by atoms with Gasteiger partial charge in [0.25, 0.3) is 0 Å². The Balaban J connectivity index is 2.34. The molecular formula is C19H19BrO3. The number of halogens is 1. The number of hydrogen-bond acceptors (Lipinski definition) is 2. The largest absolute Gasteiger partial charge is 0.481 e. The molecule has 2 rings (SSSR count). The molecule has 0 aliphatic heterocycles. The Morgan fingerprint density at radius 2 is 1.52 bits per heavy atom. The Morgan fingerprint density at radius 3 is 2.00 bits per heavy atom. The summed E-state index contributed by atoms with van der Waals surface area (Å²) in [5, 5.41) is 9.20. The summed E-state index contributed by atoms with van der Waals surface area (Å²) >= 11 is 3.37. The molecule has 0 spiro atoms. The molecule has 1 atom stereocenters. The number of ketones is 1. The first-order valence-corrected chi connectivity index (χ1v) is 8.19. The Bertz CT molecular complexity index is 685. The molecule has 120 valence electrons. The smallest absolute Gasteiger partial charge is 0.304 e. The number of aliphatic carboxylic acids is 1. The third kappa shape index (κ3) is 4.52. The second-order valence-corrected chi connectivity index (χ2v) is 7.97. The zero-order valence-corrected chi connectivity index (χ0v) is 14.7. The van der Waals surface area contributed by atoms with Gasteiger partial charge in [-0.3, -0.25) is 9.59 Å². The molecular weight excluding hydrogens is 356 g/mol. The van der Waals surface area contributed by atoms with Gasteiger partial charge in [-0.05, 0) is 25.0 Å². The number of alkyl halides is 1. The van der Waals surface area contributed by atoms with Crippen molar-refractivity contribution in [2.24, 2.45) is 0 Å². The second-order valence-electron chi connectivity index (χ2n) is 5.98. The van der Waals surface area contributed by atoms with Crippen LogP contribution in [0.15, 0.2) is 54.6 Å². The van der Waals surface area contributed by atoms with E-state index in [1.807, 2.05) is 42.5 Å². The van der Waals surface area contributed by atoms with Crippen molar-refractivity contribution in [3.8, 4) is 0 Å². The third-order valence-electron chi connectivity index (χ3n) is 3.70. The van der Waals surface area contributed by atoms with E-state index < -0.39 is 10.3 Å². The maximum Gasteiger partial charge on any atom is 0.304 e. The number of benzene rings is 2. The maximum absolute atomic E-state index is 12.3. The molecule has 0 aliphatic carbocycles. The molecule has 0 saturated carbocycles. The van der Waals surface area contributed by atoms with Gasteiger partial charge in [0.2, 0.25) is 0 Å². The number of carboxylic acids is 1. The van der Waals surface area contributed by atoms with Crippen LogP contribution in [0.2, 0.25) is 0 Å². The van der Waals surface area contributed by atoms with E-state index in [0.29, 0.717) is 5.56 Å². The van der Waals surface area contributed by atoms with Crippen LogP contribution in [-0.4, -0.2) is 21.2 Å². The number of carboxylic acid groups (broad SMARTS) is 1. The molecule has 3 nitrogen and oxygen atoms in total. The van der Waals surface area contributed by atoms with Gasteiger partial charge in [0, 0.05) is 11.5 Å². The van der Waals surface area contributed by atoms with E-state index in [-0.39, 0.29) is 18.1 Å². The molecule has 0 aliphatic rings. The summed E-state index contributed by atoms with van der Waals surface area (Å²) < 4.78 is -0.617. The lowest BCUT2D eigenvalue weighted by atomic mass is 9.87. The lowest BCUT2D eigenvalue weighted by molar-refractivity contribution is -0.137. The number of carbonyl (C=O) groups is 2. The van der Waals surface area contributed by atoms with E-state index in [0.717, 1.165) is 11.1 Å². The van der Waals surface area contributed by atoms with Crippen LogP contribution in [0.4, 0.5) is 0 Å². The summed E-state index contributed by atoms with van der Waals surface area (Å²) in [4.78, 5) is 23.5. The summed E-state index contributed by atoms with van der Waals surface area (Å²) in [5.41, 5.74) is 2.45. The minimum Gasteiger partial charge on any atom is -0.481 e. The summed E-state index contributed by atoms with van der Waals surface area (Å²) in [5.74, 6) is -1.08. The summed E-state index contributed by atoms with van der Waals surface area (Å²) in [7, 11) is 0. The van der Waals surface area contributed by atoms with Crippen LogP contribution >= 0.6 is 15.9 Å². The van der Waals surface area contributed by atoms with E-state index in [4.69, 9.17) is 0 Å². The highest BCUT2D eigenvalue weighted by atomic mass is 79.9. The predicted octanol–water partition coefficient (Wildman–Crippen LogP) is 4.65. The zero-order chi connectivity index (χ0) is 17.0. The molecule has 0 bridgehead atoms. The van der Waals surface area contributed by atoms with Crippen LogP contribution in [0.25, 0.3) is 0 Å². The van der Waals surface area contributed by atoms with Gasteiger partial charge in [-0.25, -0.2) is 0 Å². The molecule has 2 aromatic carbocycles. The van der Waals surface area contributed by atoms with Crippen molar-refractivity contribution in [2.75, 3.05) is 0 Å². The van der Waals surface area contributed by atoms with Crippen molar-refractivity contribution >= 4 is 27.7 Å². The quantitative estimate of drug-likeness (QED) is 0.591. The molecule has 0 amide bonds. The van der Waals surface area contributed by atoms with E-state index >= 15 is 0 Å². The van der Waals surface area contributed by atoms with Crippen LogP contribution in [-0.2, 0) is 4.79 Å². The van der Waals surface area contributed by atoms with Gasteiger partial charge in [-0.1, -0.05) is 70.5 Å². The van der Waals surface area contributed by atoms with Gasteiger partial charge < -0.3 is 5.11 Å². The van der Waals surface area contributed by atoms with Crippen molar-refractivity contribution in [2.45, 2.75) is 30.5 Å². The highest BCUT2D eigenvalue weighted by molar-refractivity contribution is 9.10. The minimum absolute atomic E-state index is 0.00135. The van der Waals surface area contributed by atoms with Crippen molar-refractivity contribution in [1.29, 1.82) is 0 Å². The average molecular weight is 375 g/mol. The summed E-state index contributed by atoms with van der Waals surface area (Å²) in [6.07, 6.45) is 0.0151. The van der Waals surface area contributed by atoms with Crippen molar-refractivity contribution in [3.05, 3.63) is 71.3 Å². The predicted molar refractivity (Wildman–Crippen MR) is 94.3 cm³/mol. The van der Waals surface area contributed by atoms with Crippen LogP contribution in [0, 0.1) is 0 Å². The molecule has 1 N–H and O–H groups in total. The first-order valence-electron chi connectivity index (χ1n) is 7.39. The van der Waals surface area contributed by atoms with Gasteiger partial charge in [-0.15, -0.1) is 0 Å². The number of rotatable bonds is 6. The summed E-state index contributed by atoms with van der Waals surface area (Å²) in [6, 6.07) is 16.8. The van der Waals surface area contributed by atoms with E-state index in [1.54, 1.807) is 26.0 Å². The maximum atomic E-state index is 12.3. The number of hydrogen-bond donors (Lipinski definition) is 1. The van der Waals surface area contributed by atoms with Crippen molar-refractivity contribution in [1.82, 2.24) is 0 Å². The zero-order valence-electron chi connectivity index (χ0n) is 13.1. The lowest BCUT2D eigenvalue weighted by Gasteiger charge is -2.18. The van der Waals surface area contributed by atoms with E-state index in [2.05, 4.69) is 15.9 Å². The Morgan fingerprint density at radius 1 is 1.00 bits per heavy atom.